The zero-order valence-electron chi connectivity index (χ0n) is 25.4. The first-order valence-electron chi connectivity index (χ1n) is 16.0. The fraction of sp³-hybridized carbons (Fsp3) is 0.938. The number of likely N-dealkylation sites (N-methyl/N-ethyl adjacent to an activating group) is 2. The van der Waals surface area contributed by atoms with Crippen molar-refractivity contribution in [2.24, 2.45) is 47.3 Å². The van der Waals surface area contributed by atoms with Crippen LogP contribution in [-0.4, -0.2) is 87.5 Å². The third-order valence-electron chi connectivity index (χ3n) is 12.4. The van der Waals surface area contributed by atoms with Crippen LogP contribution in [0.25, 0.3) is 0 Å². The minimum Gasteiger partial charge on any atom is -1.00 e. The first-order valence-corrected chi connectivity index (χ1v) is 16.0. The summed E-state index contributed by atoms with van der Waals surface area (Å²) in [4.78, 5) is 24.8. The van der Waals surface area contributed by atoms with E-state index >= 15 is 0 Å². The predicted octanol–water partition coefficient (Wildman–Crippen LogP) is -1.34. The second kappa shape index (κ2) is 13.1. The van der Waals surface area contributed by atoms with Gasteiger partial charge >= 0.3 is 11.9 Å². The molecule has 0 heterocycles. The van der Waals surface area contributed by atoms with E-state index < -0.39 is 0 Å². The van der Waals surface area contributed by atoms with E-state index in [1.54, 1.807) is 0 Å². The number of quaternary nitrogens is 2. The smallest absolute Gasteiger partial charge is 0.306 e. The van der Waals surface area contributed by atoms with Crippen LogP contribution < -0.4 is 48.0 Å². The Morgan fingerprint density at radius 1 is 0.525 bits per heavy atom. The lowest BCUT2D eigenvalue weighted by Crippen LogP contribution is -3.00. The lowest BCUT2D eigenvalue weighted by molar-refractivity contribution is -0.925. The van der Waals surface area contributed by atoms with E-state index in [1.807, 2.05) is 0 Å². The van der Waals surface area contributed by atoms with Gasteiger partial charge in [-0.2, -0.15) is 0 Å². The molecule has 0 aliphatic heterocycles. The summed E-state index contributed by atoms with van der Waals surface area (Å²) in [6.45, 7) is 2.61. The number of carbonyl (C=O) groups excluding carboxylic acids is 2. The second-order valence-electron chi connectivity index (χ2n) is 15.8. The van der Waals surface area contributed by atoms with E-state index in [0.29, 0.717) is 13.2 Å². The third-order valence-corrected chi connectivity index (χ3v) is 12.4. The maximum Gasteiger partial charge on any atom is 0.306 e. The molecule has 0 amide bonds. The number of halogens is 2. The zero-order valence-corrected chi connectivity index (χ0v) is 29.7. The van der Waals surface area contributed by atoms with Crippen LogP contribution in [0, 0.1) is 47.3 Å². The number of hydrogen-bond acceptors (Lipinski definition) is 4. The summed E-state index contributed by atoms with van der Waals surface area (Å²) in [6.07, 6.45) is 14.5. The lowest BCUT2D eigenvalue weighted by Gasteiger charge is -2.58. The van der Waals surface area contributed by atoms with Gasteiger partial charge < -0.3 is 66.4 Å². The Morgan fingerprint density at radius 3 is 1.07 bits per heavy atom. The minimum absolute atomic E-state index is 0. The summed E-state index contributed by atoms with van der Waals surface area (Å²) >= 11 is 0. The predicted molar refractivity (Wildman–Crippen MR) is 147 cm³/mol. The van der Waals surface area contributed by atoms with Gasteiger partial charge in [-0.05, 0) is 87.9 Å². The molecule has 8 aliphatic rings. The van der Waals surface area contributed by atoms with Gasteiger partial charge in [0, 0.05) is 23.7 Å². The van der Waals surface area contributed by atoms with Crippen molar-refractivity contribution in [2.75, 3.05) is 54.5 Å². The Kier molecular flexibility index (Phi) is 10.9. The van der Waals surface area contributed by atoms with E-state index in [2.05, 4.69) is 28.2 Å². The standard InChI is InChI=1S/C32H54N2O4.2HI/c1-33(2,31-25-13-21-11-22(15-25)16-26(31)14-21)7-9-37-29(35)5-6-30(36)38-10-8-34(3,4)32-27-17-23-12-24(19-27)20-28(32)18-23;;/h21-28,31-32H,5-20H2,1-4H3;2*1H/q+2;;/p-2. The summed E-state index contributed by atoms with van der Waals surface area (Å²) in [5.74, 6) is 6.83. The Morgan fingerprint density at radius 2 is 0.800 bits per heavy atom. The second-order valence-corrected chi connectivity index (χ2v) is 15.8. The fourth-order valence-electron chi connectivity index (χ4n) is 11.5. The molecule has 0 aromatic carbocycles. The summed E-state index contributed by atoms with van der Waals surface area (Å²) in [7, 11) is 9.34. The van der Waals surface area contributed by atoms with E-state index in [1.165, 1.54) is 64.2 Å². The van der Waals surface area contributed by atoms with Gasteiger partial charge in [0.25, 0.3) is 0 Å². The van der Waals surface area contributed by atoms with Crippen molar-refractivity contribution < 1.29 is 76.0 Å². The minimum atomic E-state index is -0.267. The first-order chi connectivity index (χ1) is 18.1. The van der Waals surface area contributed by atoms with E-state index in [9.17, 15) is 9.59 Å². The van der Waals surface area contributed by atoms with Gasteiger partial charge in [0.05, 0.1) is 53.1 Å². The van der Waals surface area contributed by atoms with Crippen LogP contribution in [0.1, 0.15) is 77.0 Å². The van der Waals surface area contributed by atoms with Crippen LogP contribution in [-0.2, 0) is 19.1 Å². The summed E-state index contributed by atoms with van der Waals surface area (Å²) < 4.78 is 13.1. The summed E-state index contributed by atoms with van der Waals surface area (Å²) in [5.41, 5.74) is 0. The van der Waals surface area contributed by atoms with Gasteiger partial charge in [0.1, 0.15) is 26.3 Å². The maximum atomic E-state index is 12.4. The van der Waals surface area contributed by atoms with Gasteiger partial charge in [-0.1, -0.05) is 0 Å². The van der Waals surface area contributed by atoms with Crippen LogP contribution in [0.15, 0.2) is 0 Å². The molecule has 0 saturated heterocycles. The molecule has 0 spiro atoms. The molecule has 6 nitrogen and oxygen atoms in total. The normalized spacial score (nSPS) is 38.9. The molecular formula is C32H54I2N2O4. The fourth-order valence-corrected chi connectivity index (χ4v) is 11.5. The Bertz CT molecular complexity index is 781. The summed E-state index contributed by atoms with van der Waals surface area (Å²) in [6, 6.07) is 1.44. The van der Waals surface area contributed by atoms with E-state index in [-0.39, 0.29) is 72.7 Å². The highest BCUT2D eigenvalue weighted by Crippen LogP contribution is 2.57. The molecule has 0 unspecified atom stereocenters. The molecule has 8 fully saturated rings. The molecule has 8 bridgehead atoms. The number of ether oxygens (including phenoxy) is 2. The molecule has 8 rings (SSSR count). The van der Waals surface area contributed by atoms with Gasteiger partial charge in [-0.15, -0.1) is 0 Å². The first kappa shape index (κ1) is 33.2. The van der Waals surface area contributed by atoms with Crippen molar-refractivity contribution in [1.82, 2.24) is 0 Å². The van der Waals surface area contributed by atoms with Crippen LogP contribution >= 0.6 is 0 Å². The van der Waals surface area contributed by atoms with Crippen LogP contribution in [0.3, 0.4) is 0 Å². The molecule has 40 heavy (non-hydrogen) atoms. The SMILES string of the molecule is C[N+](C)(CCOC(=O)CCC(=O)OCC[N+](C)(C)C1C2CC3CC(C2)CC1C3)C1C2CC3CC(C2)CC1C3.[I-].[I-]. The number of hydrogen-bond donors (Lipinski definition) is 0. The molecule has 8 aliphatic carbocycles. The van der Waals surface area contributed by atoms with E-state index in [0.717, 1.165) is 81.5 Å². The Hall–Kier alpha value is 0.320. The quantitative estimate of drug-likeness (QED) is 0.148. The topological polar surface area (TPSA) is 52.6 Å². The van der Waals surface area contributed by atoms with Gasteiger partial charge in [0.15, 0.2) is 0 Å². The number of esters is 2. The van der Waals surface area contributed by atoms with Crippen LogP contribution in [0.5, 0.6) is 0 Å². The van der Waals surface area contributed by atoms with Crippen LogP contribution in [0.4, 0.5) is 0 Å². The number of rotatable bonds is 11. The summed E-state index contributed by atoms with van der Waals surface area (Å²) in [5, 5.41) is 0. The van der Waals surface area contributed by atoms with Crippen molar-refractivity contribution >= 4 is 11.9 Å². The van der Waals surface area contributed by atoms with E-state index in [4.69, 9.17) is 9.47 Å². The highest BCUT2D eigenvalue weighted by molar-refractivity contribution is 5.77. The highest BCUT2D eigenvalue weighted by atomic mass is 127. The molecule has 0 aromatic heterocycles. The monoisotopic (exact) mass is 784 g/mol. The lowest BCUT2D eigenvalue weighted by atomic mass is 9.53. The van der Waals surface area contributed by atoms with Crippen molar-refractivity contribution in [2.45, 2.75) is 89.1 Å². The molecular weight excluding hydrogens is 730 g/mol. The molecule has 0 aromatic rings. The van der Waals surface area contributed by atoms with Gasteiger partial charge in [-0.25, -0.2) is 0 Å². The van der Waals surface area contributed by atoms with Crippen molar-refractivity contribution in [3.8, 4) is 0 Å². The molecule has 230 valence electrons. The molecule has 8 saturated carbocycles. The number of carbonyl (C=O) groups is 2. The van der Waals surface area contributed by atoms with Crippen molar-refractivity contribution in [3.63, 3.8) is 0 Å². The van der Waals surface area contributed by atoms with Gasteiger partial charge in [-0.3, -0.25) is 9.59 Å². The average Bonchev–Trinajstić information content (AvgIpc) is 2.81. The Balaban J connectivity index is 0.00000185. The van der Waals surface area contributed by atoms with Crippen LogP contribution in [0.2, 0.25) is 0 Å². The maximum absolute atomic E-state index is 12.4. The van der Waals surface area contributed by atoms with Gasteiger partial charge in [0.2, 0.25) is 0 Å². The van der Waals surface area contributed by atoms with Crippen molar-refractivity contribution in [1.29, 1.82) is 0 Å². The Labute approximate surface area is 277 Å². The van der Waals surface area contributed by atoms with Crippen molar-refractivity contribution in [3.05, 3.63) is 0 Å². The average molecular weight is 785 g/mol. The number of nitrogens with zero attached hydrogens (tertiary/aromatic N) is 2. The largest absolute Gasteiger partial charge is 1.00 e. The molecule has 0 atom stereocenters. The molecule has 0 N–H and O–H groups in total. The molecule has 0 radical (unpaired) electrons. The molecule has 8 heteroatoms. The third kappa shape index (κ3) is 7.00. The highest BCUT2D eigenvalue weighted by Gasteiger charge is 2.55. The zero-order chi connectivity index (χ0) is 26.7.